The lowest BCUT2D eigenvalue weighted by Gasteiger charge is -2.33. The molecule has 176 valence electrons. The van der Waals surface area contributed by atoms with E-state index in [0.717, 1.165) is 30.7 Å². The van der Waals surface area contributed by atoms with Crippen molar-refractivity contribution in [3.05, 3.63) is 53.6 Å². The van der Waals surface area contributed by atoms with E-state index in [0.29, 0.717) is 25.3 Å². The summed E-state index contributed by atoms with van der Waals surface area (Å²) < 4.78 is 10.3. The average molecular weight is 455 g/mol. The molecule has 0 saturated carbocycles. The second-order valence-electron chi connectivity index (χ2n) is 7.97. The van der Waals surface area contributed by atoms with Gasteiger partial charge in [-0.3, -0.25) is 9.59 Å². The highest BCUT2D eigenvalue weighted by Crippen LogP contribution is 2.28. The Morgan fingerprint density at radius 2 is 1.91 bits per heavy atom. The van der Waals surface area contributed by atoms with Crippen LogP contribution in [0.3, 0.4) is 0 Å². The summed E-state index contributed by atoms with van der Waals surface area (Å²) in [6.45, 7) is 3.32. The van der Waals surface area contributed by atoms with Crippen molar-refractivity contribution in [2.24, 2.45) is 5.92 Å². The van der Waals surface area contributed by atoms with Crippen LogP contribution in [0.25, 0.3) is 0 Å². The zero-order valence-electron chi connectivity index (χ0n) is 19.0. The van der Waals surface area contributed by atoms with E-state index in [9.17, 15) is 19.5 Å². The van der Waals surface area contributed by atoms with Crippen molar-refractivity contribution in [3.63, 3.8) is 0 Å². The molecule has 1 fully saturated rings. The van der Waals surface area contributed by atoms with Gasteiger partial charge >= 0.3 is 11.9 Å². The summed E-state index contributed by atoms with van der Waals surface area (Å²) in [4.78, 5) is 38.5. The summed E-state index contributed by atoms with van der Waals surface area (Å²) in [5.41, 5.74) is 1.96. The fourth-order valence-corrected chi connectivity index (χ4v) is 3.94. The normalized spacial score (nSPS) is 15.6. The van der Waals surface area contributed by atoms with Crippen LogP contribution in [0.2, 0.25) is 0 Å². The van der Waals surface area contributed by atoms with Gasteiger partial charge in [-0.25, -0.2) is 4.79 Å². The van der Waals surface area contributed by atoms with Crippen molar-refractivity contribution in [2.75, 3.05) is 37.0 Å². The number of aryl methyl sites for hydroxylation is 1. The van der Waals surface area contributed by atoms with Crippen LogP contribution in [0.15, 0.2) is 42.5 Å². The highest BCUT2D eigenvalue weighted by Gasteiger charge is 2.27. The molecule has 8 nitrogen and oxygen atoms in total. The van der Waals surface area contributed by atoms with Crippen molar-refractivity contribution in [2.45, 2.75) is 32.6 Å². The van der Waals surface area contributed by atoms with Crippen molar-refractivity contribution in [1.29, 1.82) is 0 Å². The van der Waals surface area contributed by atoms with Gasteiger partial charge in [-0.05, 0) is 62.1 Å². The summed E-state index contributed by atoms with van der Waals surface area (Å²) >= 11 is 0. The Morgan fingerprint density at radius 1 is 1.15 bits per heavy atom. The number of anilines is 2. The van der Waals surface area contributed by atoms with Gasteiger partial charge in [0, 0.05) is 25.2 Å². The van der Waals surface area contributed by atoms with Gasteiger partial charge in [-0.15, -0.1) is 0 Å². The van der Waals surface area contributed by atoms with E-state index in [-0.39, 0.29) is 35.5 Å². The highest BCUT2D eigenvalue weighted by atomic mass is 16.5. The molecule has 2 aromatic rings. The molecule has 2 aromatic carbocycles. The largest absolute Gasteiger partial charge is 0.497 e. The number of amides is 1. The predicted molar refractivity (Wildman–Crippen MR) is 125 cm³/mol. The molecule has 1 aliphatic heterocycles. The topological polar surface area (TPSA) is 105 Å². The lowest BCUT2D eigenvalue weighted by Crippen LogP contribution is -2.39. The highest BCUT2D eigenvalue weighted by molar-refractivity contribution is 6.01. The number of aromatic carboxylic acids is 1. The fraction of sp³-hybridized carbons (Fsp3) is 0.400. The monoisotopic (exact) mass is 454 g/mol. The van der Waals surface area contributed by atoms with E-state index in [4.69, 9.17) is 9.47 Å². The Morgan fingerprint density at radius 3 is 2.58 bits per heavy atom. The number of ether oxygens (including phenoxy) is 2. The van der Waals surface area contributed by atoms with Gasteiger partial charge in [0.1, 0.15) is 5.75 Å². The van der Waals surface area contributed by atoms with Crippen LogP contribution in [0.1, 0.15) is 42.1 Å². The summed E-state index contributed by atoms with van der Waals surface area (Å²) in [5, 5.41) is 12.4. The van der Waals surface area contributed by atoms with Gasteiger partial charge in [0.15, 0.2) is 0 Å². The number of carbonyl (C=O) groups is 3. The third kappa shape index (κ3) is 6.47. The minimum atomic E-state index is -1.12. The Labute approximate surface area is 193 Å². The lowest BCUT2D eigenvalue weighted by atomic mass is 9.97. The van der Waals surface area contributed by atoms with Crippen LogP contribution in [0.4, 0.5) is 11.4 Å². The number of carboxylic acids is 1. The smallest absolute Gasteiger partial charge is 0.337 e. The van der Waals surface area contributed by atoms with Crippen molar-refractivity contribution >= 4 is 29.2 Å². The van der Waals surface area contributed by atoms with Gasteiger partial charge in [-0.1, -0.05) is 12.1 Å². The average Bonchev–Trinajstić information content (AvgIpc) is 2.83. The fourth-order valence-electron chi connectivity index (χ4n) is 3.94. The number of piperidine rings is 1. The molecule has 1 heterocycles. The maximum Gasteiger partial charge on any atom is 0.337 e. The van der Waals surface area contributed by atoms with Crippen molar-refractivity contribution < 1.29 is 29.0 Å². The molecular formula is C25H30N2O6. The molecule has 8 heteroatoms. The Bertz CT molecular complexity index is 989. The number of methoxy groups -OCH3 is 1. The Hall–Kier alpha value is -3.55. The molecule has 0 radical (unpaired) electrons. The number of nitrogens with one attached hydrogen (secondary N) is 1. The molecular weight excluding hydrogens is 424 g/mol. The van der Waals surface area contributed by atoms with Gasteiger partial charge in [0.25, 0.3) is 0 Å². The number of carbonyl (C=O) groups excluding carboxylic acids is 2. The molecule has 1 amide bonds. The van der Waals surface area contributed by atoms with Gasteiger partial charge < -0.3 is 24.8 Å². The minimum Gasteiger partial charge on any atom is -0.497 e. The van der Waals surface area contributed by atoms with Crippen LogP contribution < -0.4 is 15.0 Å². The quantitative estimate of drug-likeness (QED) is 0.556. The molecule has 0 aliphatic carbocycles. The van der Waals surface area contributed by atoms with E-state index < -0.39 is 5.97 Å². The molecule has 1 atom stereocenters. The predicted octanol–water partition coefficient (Wildman–Crippen LogP) is 3.74. The molecule has 0 unspecified atom stereocenters. The van der Waals surface area contributed by atoms with E-state index in [1.54, 1.807) is 32.2 Å². The molecule has 1 saturated heterocycles. The third-order valence-electron chi connectivity index (χ3n) is 5.71. The Balaban J connectivity index is 1.66. The number of benzene rings is 2. The van der Waals surface area contributed by atoms with Gasteiger partial charge in [0.2, 0.25) is 5.91 Å². The van der Waals surface area contributed by atoms with Crippen LogP contribution in [-0.2, 0) is 20.7 Å². The SMILES string of the molecule is CCOC(=O)[C@H]1CCCN(c2ccc(NC(=O)CCc3ccc(OC)cc3)c(C(=O)O)c2)C1. The number of nitrogens with zero attached hydrogens (tertiary/aromatic N) is 1. The van der Waals surface area contributed by atoms with Crippen LogP contribution in [0, 0.1) is 5.92 Å². The van der Waals surface area contributed by atoms with Crippen molar-refractivity contribution in [1.82, 2.24) is 0 Å². The summed E-state index contributed by atoms with van der Waals surface area (Å²) in [7, 11) is 1.60. The molecule has 33 heavy (non-hydrogen) atoms. The van der Waals surface area contributed by atoms with Crippen LogP contribution >= 0.6 is 0 Å². The number of esters is 1. The second-order valence-corrected chi connectivity index (χ2v) is 7.97. The lowest BCUT2D eigenvalue weighted by molar-refractivity contribution is -0.148. The Kier molecular flexibility index (Phi) is 8.29. The first-order valence-electron chi connectivity index (χ1n) is 11.1. The molecule has 2 N–H and O–H groups in total. The van der Waals surface area contributed by atoms with E-state index in [2.05, 4.69) is 5.32 Å². The van der Waals surface area contributed by atoms with Crippen LogP contribution in [-0.4, -0.2) is 49.8 Å². The first kappa shape index (κ1) is 24.1. The molecule has 1 aliphatic rings. The first-order chi connectivity index (χ1) is 15.9. The second kappa shape index (κ2) is 11.4. The number of rotatable bonds is 9. The van der Waals surface area contributed by atoms with E-state index in [1.807, 2.05) is 29.2 Å². The van der Waals surface area contributed by atoms with Gasteiger partial charge in [0.05, 0.1) is 30.9 Å². The van der Waals surface area contributed by atoms with Gasteiger partial charge in [-0.2, -0.15) is 0 Å². The number of hydrogen-bond donors (Lipinski definition) is 2. The summed E-state index contributed by atoms with van der Waals surface area (Å²) in [6, 6.07) is 12.4. The summed E-state index contributed by atoms with van der Waals surface area (Å²) in [5.74, 6) is -1.09. The third-order valence-corrected chi connectivity index (χ3v) is 5.71. The maximum absolute atomic E-state index is 12.5. The number of carboxylic acid groups (broad SMARTS) is 1. The molecule has 3 rings (SSSR count). The molecule has 0 aromatic heterocycles. The minimum absolute atomic E-state index is 0.0172. The van der Waals surface area contributed by atoms with Crippen LogP contribution in [0.5, 0.6) is 5.75 Å². The zero-order valence-corrected chi connectivity index (χ0v) is 19.0. The maximum atomic E-state index is 12.5. The van der Waals surface area contributed by atoms with Crippen molar-refractivity contribution in [3.8, 4) is 5.75 Å². The zero-order chi connectivity index (χ0) is 23.8. The molecule has 0 bridgehead atoms. The van der Waals surface area contributed by atoms with E-state index >= 15 is 0 Å². The summed E-state index contributed by atoms with van der Waals surface area (Å²) in [6.07, 6.45) is 2.32. The number of hydrogen-bond acceptors (Lipinski definition) is 6. The first-order valence-corrected chi connectivity index (χ1v) is 11.1. The van der Waals surface area contributed by atoms with E-state index in [1.165, 1.54) is 0 Å². The standard InChI is InChI=1S/C25H30N2O6/c1-3-33-25(31)18-5-4-14-27(16-18)19-9-12-22(21(15-19)24(29)30)26-23(28)13-8-17-6-10-20(32-2)11-7-17/h6-7,9-12,15,18H,3-5,8,13-14,16H2,1-2H3,(H,26,28)(H,29,30)/t18-/m0/s1. The molecule has 0 spiro atoms.